The lowest BCUT2D eigenvalue weighted by molar-refractivity contribution is 0.229. The monoisotopic (exact) mass is 331 g/mol. The molecule has 1 unspecified atom stereocenters. The maximum Gasteiger partial charge on any atom is 0.321 e. The van der Waals surface area contributed by atoms with E-state index in [4.69, 9.17) is 4.42 Å². The first-order valence-corrected chi connectivity index (χ1v) is 8.10. The van der Waals surface area contributed by atoms with Crippen LogP contribution in [0.25, 0.3) is 0 Å². The van der Waals surface area contributed by atoms with Crippen LogP contribution in [0, 0.1) is 5.82 Å². The van der Waals surface area contributed by atoms with Crippen molar-refractivity contribution in [2.24, 2.45) is 0 Å². The molecule has 6 heteroatoms. The van der Waals surface area contributed by atoms with Gasteiger partial charge in [-0.15, -0.1) is 0 Å². The van der Waals surface area contributed by atoms with Crippen LogP contribution >= 0.6 is 0 Å². The van der Waals surface area contributed by atoms with Crippen molar-refractivity contribution in [2.45, 2.75) is 18.9 Å². The van der Waals surface area contributed by atoms with Gasteiger partial charge in [0.2, 0.25) is 0 Å². The predicted octanol–water partition coefficient (Wildman–Crippen LogP) is 3.18. The summed E-state index contributed by atoms with van der Waals surface area (Å²) in [5.74, 6) is 0.544. The Kier molecular flexibility index (Phi) is 4.85. The lowest BCUT2D eigenvalue weighted by Gasteiger charge is -2.31. The normalized spacial score (nSPS) is 15.2. The van der Waals surface area contributed by atoms with Gasteiger partial charge in [-0.1, -0.05) is 0 Å². The molecule has 1 atom stereocenters. The number of hydrogen-bond acceptors (Lipinski definition) is 3. The molecule has 0 fully saturated rings. The third-order valence-corrected chi connectivity index (χ3v) is 4.35. The molecule has 2 amide bonds. The van der Waals surface area contributed by atoms with Gasteiger partial charge in [-0.25, -0.2) is 9.18 Å². The molecule has 0 bridgehead atoms. The zero-order valence-corrected chi connectivity index (χ0v) is 14.0. The van der Waals surface area contributed by atoms with Gasteiger partial charge in [0.25, 0.3) is 0 Å². The smallest absolute Gasteiger partial charge is 0.321 e. The van der Waals surface area contributed by atoms with E-state index in [1.165, 1.54) is 12.1 Å². The molecule has 2 aromatic rings. The number of aryl methyl sites for hydroxylation is 1. The Morgan fingerprint density at radius 3 is 2.96 bits per heavy atom. The first kappa shape index (κ1) is 16.5. The number of nitrogens with zero attached hydrogens (tertiary/aromatic N) is 2. The van der Waals surface area contributed by atoms with Crippen LogP contribution in [0.2, 0.25) is 0 Å². The number of nitrogens with one attached hydrogen (secondary N) is 1. The Hall–Kier alpha value is -2.34. The average Bonchev–Trinajstić information content (AvgIpc) is 3.07. The van der Waals surface area contributed by atoms with E-state index in [2.05, 4.69) is 5.32 Å². The summed E-state index contributed by atoms with van der Waals surface area (Å²) in [7, 11) is 3.89. The Morgan fingerprint density at radius 1 is 1.42 bits per heavy atom. The van der Waals surface area contributed by atoms with Crippen LogP contribution < -0.4 is 10.2 Å². The van der Waals surface area contributed by atoms with E-state index in [9.17, 15) is 9.18 Å². The standard InChI is InChI=1S/C18H22FN3O2/c1-21(2)16(17-6-4-10-24-17)12-20-18(23)22-9-3-5-13-11-14(19)7-8-15(13)22/h4,6-8,10-11,16H,3,5,9,12H2,1-2H3,(H,20,23). The van der Waals surface area contributed by atoms with Crippen molar-refractivity contribution in [3.63, 3.8) is 0 Å². The molecule has 0 saturated heterocycles. The van der Waals surface area contributed by atoms with Crippen LogP contribution in [0.3, 0.4) is 0 Å². The molecule has 1 aliphatic heterocycles. The van der Waals surface area contributed by atoms with Gasteiger partial charge in [-0.3, -0.25) is 9.80 Å². The van der Waals surface area contributed by atoms with Crippen LogP contribution in [-0.2, 0) is 6.42 Å². The molecule has 5 nitrogen and oxygen atoms in total. The quantitative estimate of drug-likeness (QED) is 0.936. The van der Waals surface area contributed by atoms with Gasteiger partial charge in [0, 0.05) is 18.8 Å². The first-order chi connectivity index (χ1) is 11.6. The van der Waals surface area contributed by atoms with E-state index >= 15 is 0 Å². The number of halogens is 1. The maximum absolute atomic E-state index is 13.4. The fraction of sp³-hybridized carbons (Fsp3) is 0.389. The summed E-state index contributed by atoms with van der Waals surface area (Å²) < 4.78 is 18.8. The molecule has 3 rings (SSSR count). The molecule has 0 saturated carbocycles. The molecule has 1 aromatic carbocycles. The Morgan fingerprint density at radius 2 is 2.25 bits per heavy atom. The zero-order valence-electron chi connectivity index (χ0n) is 14.0. The van der Waals surface area contributed by atoms with Crippen LogP contribution in [0.5, 0.6) is 0 Å². The summed E-state index contributed by atoms with van der Waals surface area (Å²) in [5, 5.41) is 2.97. The molecule has 1 N–H and O–H groups in total. The molecule has 24 heavy (non-hydrogen) atoms. The lowest BCUT2D eigenvalue weighted by Crippen LogP contribution is -2.45. The predicted molar refractivity (Wildman–Crippen MR) is 90.6 cm³/mol. The summed E-state index contributed by atoms with van der Waals surface area (Å²) in [6.45, 7) is 1.07. The number of benzene rings is 1. The van der Waals surface area contributed by atoms with E-state index in [-0.39, 0.29) is 17.9 Å². The number of likely N-dealkylation sites (N-methyl/N-ethyl adjacent to an activating group) is 1. The minimum Gasteiger partial charge on any atom is -0.468 e. The summed E-state index contributed by atoms with van der Waals surface area (Å²) in [6.07, 6.45) is 3.26. The third kappa shape index (κ3) is 3.43. The number of furan rings is 1. The van der Waals surface area contributed by atoms with E-state index in [1.54, 1.807) is 17.2 Å². The fourth-order valence-electron chi connectivity index (χ4n) is 3.07. The molecule has 1 aromatic heterocycles. The van der Waals surface area contributed by atoms with Crippen LogP contribution in [0.4, 0.5) is 14.9 Å². The molecular weight excluding hydrogens is 309 g/mol. The average molecular weight is 331 g/mol. The molecular formula is C18H22FN3O2. The van der Waals surface area contributed by atoms with Crippen LogP contribution in [-0.4, -0.2) is 38.1 Å². The minimum atomic E-state index is -0.263. The number of rotatable bonds is 4. The highest BCUT2D eigenvalue weighted by Gasteiger charge is 2.24. The van der Waals surface area contributed by atoms with Gasteiger partial charge in [0.15, 0.2) is 0 Å². The summed E-state index contributed by atoms with van der Waals surface area (Å²) >= 11 is 0. The van der Waals surface area contributed by atoms with Crippen LogP contribution in [0.1, 0.15) is 23.8 Å². The Bertz CT molecular complexity index is 700. The van der Waals surface area contributed by atoms with Crippen molar-refractivity contribution >= 4 is 11.7 Å². The number of carbonyl (C=O) groups excluding carboxylic acids is 1. The first-order valence-electron chi connectivity index (χ1n) is 8.10. The molecule has 128 valence electrons. The number of anilines is 1. The fourth-order valence-corrected chi connectivity index (χ4v) is 3.07. The Labute approximate surface area is 141 Å². The van der Waals surface area contributed by atoms with Crippen molar-refractivity contribution in [1.29, 1.82) is 0 Å². The van der Waals surface area contributed by atoms with E-state index in [0.717, 1.165) is 29.9 Å². The van der Waals surface area contributed by atoms with Gasteiger partial charge < -0.3 is 9.73 Å². The molecule has 0 radical (unpaired) electrons. The summed E-state index contributed by atoms with van der Waals surface area (Å²) in [4.78, 5) is 16.3. The molecule has 0 spiro atoms. The van der Waals surface area contributed by atoms with Gasteiger partial charge >= 0.3 is 6.03 Å². The highest BCUT2D eigenvalue weighted by Crippen LogP contribution is 2.28. The van der Waals surface area contributed by atoms with E-state index in [1.807, 2.05) is 31.1 Å². The zero-order chi connectivity index (χ0) is 17.1. The van der Waals surface area contributed by atoms with E-state index in [0.29, 0.717) is 13.1 Å². The second-order valence-electron chi connectivity index (χ2n) is 6.21. The Balaban J connectivity index is 1.70. The number of urea groups is 1. The van der Waals surface area contributed by atoms with Gasteiger partial charge in [-0.05, 0) is 62.8 Å². The van der Waals surface area contributed by atoms with Crippen molar-refractivity contribution in [1.82, 2.24) is 10.2 Å². The highest BCUT2D eigenvalue weighted by molar-refractivity contribution is 5.93. The summed E-state index contributed by atoms with van der Waals surface area (Å²) in [5.41, 5.74) is 1.67. The van der Waals surface area contributed by atoms with Crippen molar-refractivity contribution in [2.75, 3.05) is 32.1 Å². The van der Waals surface area contributed by atoms with Crippen molar-refractivity contribution in [3.8, 4) is 0 Å². The highest BCUT2D eigenvalue weighted by atomic mass is 19.1. The molecule has 1 aliphatic rings. The topological polar surface area (TPSA) is 48.7 Å². The van der Waals surface area contributed by atoms with Gasteiger partial charge in [0.05, 0.1) is 12.3 Å². The third-order valence-electron chi connectivity index (χ3n) is 4.35. The van der Waals surface area contributed by atoms with Crippen molar-refractivity contribution in [3.05, 3.63) is 53.7 Å². The minimum absolute atomic E-state index is 0.0403. The number of hydrogen-bond donors (Lipinski definition) is 1. The van der Waals surface area contributed by atoms with Crippen molar-refractivity contribution < 1.29 is 13.6 Å². The number of fused-ring (bicyclic) bond motifs is 1. The molecule has 2 heterocycles. The van der Waals surface area contributed by atoms with E-state index < -0.39 is 0 Å². The maximum atomic E-state index is 13.4. The SMILES string of the molecule is CN(C)C(CNC(=O)N1CCCc2cc(F)ccc21)c1ccco1. The second kappa shape index (κ2) is 7.05. The molecule has 0 aliphatic carbocycles. The lowest BCUT2D eigenvalue weighted by atomic mass is 10.0. The number of carbonyl (C=O) groups is 1. The summed E-state index contributed by atoms with van der Waals surface area (Å²) in [6, 6.07) is 8.12. The number of amides is 2. The van der Waals surface area contributed by atoms with Gasteiger partial charge in [-0.2, -0.15) is 0 Å². The van der Waals surface area contributed by atoms with Crippen LogP contribution in [0.15, 0.2) is 41.0 Å². The second-order valence-corrected chi connectivity index (χ2v) is 6.21. The van der Waals surface area contributed by atoms with Gasteiger partial charge in [0.1, 0.15) is 11.6 Å². The largest absolute Gasteiger partial charge is 0.468 e.